The summed E-state index contributed by atoms with van der Waals surface area (Å²) in [5.74, 6) is 2.20. The van der Waals surface area contributed by atoms with Crippen LogP contribution in [0, 0.1) is 0 Å². The minimum atomic E-state index is 0.182. The molecule has 0 heterocycles. The highest BCUT2D eigenvalue weighted by molar-refractivity contribution is 6.17. The maximum absolute atomic E-state index is 6.13. The third-order valence-corrected chi connectivity index (χ3v) is 3.63. The van der Waals surface area contributed by atoms with Gasteiger partial charge in [0.1, 0.15) is 5.75 Å². The van der Waals surface area contributed by atoms with Gasteiger partial charge in [-0.15, -0.1) is 11.6 Å². The maximum Gasteiger partial charge on any atom is 0.119 e. The lowest BCUT2D eigenvalue weighted by molar-refractivity contribution is 0.414. The van der Waals surface area contributed by atoms with E-state index in [-0.39, 0.29) is 6.04 Å². The summed E-state index contributed by atoms with van der Waals surface area (Å²) < 4.78 is 5.26. The second-order valence-corrected chi connectivity index (χ2v) is 4.74. The highest BCUT2D eigenvalue weighted by atomic mass is 35.5. The van der Waals surface area contributed by atoms with Crippen molar-refractivity contribution < 1.29 is 4.74 Å². The van der Waals surface area contributed by atoms with Crippen LogP contribution in [0.2, 0.25) is 0 Å². The lowest BCUT2D eigenvalue weighted by Crippen LogP contribution is -2.05. The highest BCUT2D eigenvalue weighted by Crippen LogP contribution is 2.42. The van der Waals surface area contributed by atoms with Crippen LogP contribution >= 0.6 is 11.6 Å². The summed E-state index contributed by atoms with van der Waals surface area (Å²) in [5, 5.41) is 0. The van der Waals surface area contributed by atoms with Crippen LogP contribution in [0.15, 0.2) is 18.2 Å². The molecule has 3 heteroatoms. The van der Waals surface area contributed by atoms with E-state index in [4.69, 9.17) is 22.1 Å². The summed E-state index contributed by atoms with van der Waals surface area (Å²) in [6, 6.07) is 6.39. The Labute approximate surface area is 102 Å². The number of alkyl halides is 1. The Bertz CT molecular complexity index is 367. The fourth-order valence-electron chi connectivity index (χ4n) is 2.53. The van der Waals surface area contributed by atoms with E-state index in [9.17, 15) is 0 Å². The zero-order chi connectivity index (χ0) is 11.5. The van der Waals surface area contributed by atoms with Gasteiger partial charge in [0.05, 0.1) is 7.11 Å². The molecule has 0 aliphatic heterocycles. The molecule has 0 radical (unpaired) electrons. The predicted molar refractivity (Wildman–Crippen MR) is 67.2 cm³/mol. The first-order valence-electron chi connectivity index (χ1n) is 5.75. The number of methoxy groups -OCH3 is 1. The molecule has 2 N–H and O–H groups in total. The molecule has 0 amide bonds. The number of halogens is 1. The van der Waals surface area contributed by atoms with Crippen molar-refractivity contribution in [1.82, 2.24) is 0 Å². The number of hydrogen-bond acceptors (Lipinski definition) is 2. The predicted octanol–water partition coefficient (Wildman–Crippen LogP) is 3.20. The molecule has 0 saturated carbocycles. The zero-order valence-corrected chi connectivity index (χ0v) is 10.3. The molecule has 2 unspecified atom stereocenters. The van der Waals surface area contributed by atoms with E-state index in [0.29, 0.717) is 5.92 Å². The normalized spacial score (nSPS) is 23.2. The summed E-state index contributed by atoms with van der Waals surface area (Å²) in [6.07, 6.45) is 3.21. The minimum absolute atomic E-state index is 0.182. The average molecular weight is 240 g/mol. The molecule has 0 spiro atoms. The van der Waals surface area contributed by atoms with Gasteiger partial charge in [0.2, 0.25) is 0 Å². The average Bonchev–Trinajstić information content (AvgIpc) is 2.63. The summed E-state index contributed by atoms with van der Waals surface area (Å²) in [7, 11) is 1.70. The summed E-state index contributed by atoms with van der Waals surface area (Å²) >= 11 is 5.75. The third-order valence-electron chi connectivity index (χ3n) is 3.36. The van der Waals surface area contributed by atoms with Gasteiger partial charge in [0, 0.05) is 11.9 Å². The number of nitrogens with two attached hydrogens (primary N) is 1. The van der Waals surface area contributed by atoms with Crippen molar-refractivity contribution >= 4 is 11.6 Å². The Balaban J connectivity index is 2.23. The van der Waals surface area contributed by atoms with E-state index in [2.05, 4.69) is 12.1 Å². The number of benzene rings is 1. The van der Waals surface area contributed by atoms with Crippen molar-refractivity contribution in [2.24, 2.45) is 5.73 Å². The van der Waals surface area contributed by atoms with Gasteiger partial charge in [-0.25, -0.2) is 0 Å². The Morgan fingerprint density at radius 2 is 2.25 bits per heavy atom. The molecule has 2 rings (SSSR count). The zero-order valence-electron chi connectivity index (χ0n) is 9.58. The van der Waals surface area contributed by atoms with Gasteiger partial charge in [-0.3, -0.25) is 0 Å². The molecule has 1 aromatic rings. The second kappa shape index (κ2) is 5.07. The molecule has 1 aliphatic carbocycles. The van der Waals surface area contributed by atoms with Crippen LogP contribution in [-0.2, 0) is 0 Å². The van der Waals surface area contributed by atoms with Crippen LogP contribution < -0.4 is 10.5 Å². The molecule has 0 fully saturated rings. The van der Waals surface area contributed by atoms with E-state index < -0.39 is 0 Å². The molecule has 2 nitrogen and oxygen atoms in total. The molecular formula is C13H18ClNO. The maximum atomic E-state index is 6.13. The quantitative estimate of drug-likeness (QED) is 0.819. The minimum Gasteiger partial charge on any atom is -0.497 e. The Morgan fingerprint density at radius 1 is 1.44 bits per heavy atom. The SMILES string of the molecule is COc1ccc2c(c1)C(CCCCl)CC2N. The van der Waals surface area contributed by atoms with Gasteiger partial charge < -0.3 is 10.5 Å². The van der Waals surface area contributed by atoms with Crippen molar-refractivity contribution in [3.63, 3.8) is 0 Å². The molecule has 1 aromatic carbocycles. The highest BCUT2D eigenvalue weighted by Gasteiger charge is 2.28. The first-order valence-corrected chi connectivity index (χ1v) is 6.29. The van der Waals surface area contributed by atoms with E-state index in [1.54, 1.807) is 7.11 Å². The van der Waals surface area contributed by atoms with Crippen LogP contribution in [0.25, 0.3) is 0 Å². The van der Waals surface area contributed by atoms with E-state index in [1.807, 2.05) is 6.07 Å². The number of rotatable bonds is 4. The van der Waals surface area contributed by atoms with Gasteiger partial charge in [0.15, 0.2) is 0 Å². The topological polar surface area (TPSA) is 35.2 Å². The Hall–Kier alpha value is -0.730. The first-order chi connectivity index (χ1) is 7.76. The van der Waals surface area contributed by atoms with Crippen LogP contribution in [0.5, 0.6) is 5.75 Å². The molecule has 1 aliphatic rings. The molecular weight excluding hydrogens is 222 g/mol. The summed E-state index contributed by atoms with van der Waals surface area (Å²) in [5.41, 5.74) is 8.76. The van der Waals surface area contributed by atoms with Crippen LogP contribution in [0.3, 0.4) is 0 Å². The van der Waals surface area contributed by atoms with Gasteiger partial charge in [-0.2, -0.15) is 0 Å². The lowest BCUT2D eigenvalue weighted by atomic mass is 9.96. The van der Waals surface area contributed by atoms with Gasteiger partial charge in [-0.05, 0) is 48.4 Å². The molecule has 0 bridgehead atoms. The fraction of sp³-hybridized carbons (Fsp3) is 0.538. The first kappa shape index (κ1) is 11.7. The van der Waals surface area contributed by atoms with Crippen molar-refractivity contribution in [1.29, 1.82) is 0 Å². The van der Waals surface area contributed by atoms with Gasteiger partial charge >= 0.3 is 0 Å². The van der Waals surface area contributed by atoms with Gasteiger partial charge in [-0.1, -0.05) is 6.07 Å². The Morgan fingerprint density at radius 3 is 2.94 bits per heavy atom. The second-order valence-electron chi connectivity index (χ2n) is 4.37. The fourth-order valence-corrected chi connectivity index (χ4v) is 2.68. The molecule has 2 atom stereocenters. The molecule has 16 heavy (non-hydrogen) atoms. The summed E-state index contributed by atoms with van der Waals surface area (Å²) in [4.78, 5) is 0. The largest absolute Gasteiger partial charge is 0.497 e. The van der Waals surface area contributed by atoms with Crippen molar-refractivity contribution in [2.75, 3.05) is 13.0 Å². The molecule has 0 saturated heterocycles. The van der Waals surface area contributed by atoms with E-state index in [1.165, 1.54) is 11.1 Å². The van der Waals surface area contributed by atoms with Crippen LogP contribution in [0.4, 0.5) is 0 Å². The van der Waals surface area contributed by atoms with E-state index >= 15 is 0 Å². The monoisotopic (exact) mass is 239 g/mol. The van der Waals surface area contributed by atoms with Crippen LogP contribution in [-0.4, -0.2) is 13.0 Å². The van der Waals surface area contributed by atoms with Gasteiger partial charge in [0.25, 0.3) is 0 Å². The third kappa shape index (κ3) is 2.18. The van der Waals surface area contributed by atoms with E-state index in [0.717, 1.165) is 30.9 Å². The Kier molecular flexibility index (Phi) is 3.72. The van der Waals surface area contributed by atoms with Crippen molar-refractivity contribution in [2.45, 2.75) is 31.2 Å². The number of ether oxygens (including phenoxy) is 1. The standard InChI is InChI=1S/C13H18ClNO/c1-16-10-4-5-11-12(8-10)9(3-2-6-14)7-13(11)15/h4-5,8-9,13H,2-3,6-7,15H2,1H3. The van der Waals surface area contributed by atoms with Crippen molar-refractivity contribution in [3.8, 4) is 5.75 Å². The van der Waals surface area contributed by atoms with Crippen LogP contribution in [0.1, 0.15) is 42.3 Å². The lowest BCUT2D eigenvalue weighted by Gasteiger charge is -2.11. The number of hydrogen-bond donors (Lipinski definition) is 1. The molecule has 0 aromatic heterocycles. The number of fused-ring (bicyclic) bond motifs is 1. The van der Waals surface area contributed by atoms with Crippen molar-refractivity contribution in [3.05, 3.63) is 29.3 Å². The smallest absolute Gasteiger partial charge is 0.119 e. The molecule has 88 valence electrons. The summed E-state index contributed by atoms with van der Waals surface area (Å²) in [6.45, 7) is 0.